The maximum Gasteiger partial charge on any atom is 0.289 e. The number of benzene rings is 1. The number of hydrogen-bond acceptors (Lipinski definition) is 6. The average Bonchev–Trinajstić information content (AvgIpc) is 3.32. The summed E-state index contributed by atoms with van der Waals surface area (Å²) in [7, 11) is 0. The molecule has 0 aliphatic carbocycles. The molecular weight excluding hydrogens is 477 g/mol. The van der Waals surface area contributed by atoms with E-state index in [9.17, 15) is 19.1 Å². The summed E-state index contributed by atoms with van der Waals surface area (Å²) in [5, 5.41) is 10.8. The number of carbonyl (C=O) groups excluding carboxylic acids is 2. The fraction of sp³-hybridized carbons (Fsp3) is 0.464. The number of carbonyl (C=O) groups is 2. The number of ether oxygens (including phenoxy) is 1. The van der Waals surface area contributed by atoms with E-state index in [1.54, 1.807) is 28.0 Å². The van der Waals surface area contributed by atoms with Crippen LogP contribution in [0.15, 0.2) is 40.8 Å². The molecule has 0 radical (unpaired) electrons. The van der Waals surface area contributed by atoms with Gasteiger partial charge in [-0.15, -0.1) is 0 Å². The van der Waals surface area contributed by atoms with E-state index in [1.807, 2.05) is 26.8 Å². The van der Waals surface area contributed by atoms with E-state index >= 15 is 0 Å². The zero-order valence-corrected chi connectivity index (χ0v) is 21.4. The number of fused-ring (bicyclic) bond motifs is 1. The summed E-state index contributed by atoms with van der Waals surface area (Å²) in [5.74, 6) is -0.568. The van der Waals surface area contributed by atoms with Gasteiger partial charge in [-0.25, -0.2) is 9.37 Å². The fourth-order valence-corrected chi connectivity index (χ4v) is 5.14. The largest absolute Gasteiger partial charge is 0.449 e. The van der Waals surface area contributed by atoms with Crippen LogP contribution in [0.4, 0.5) is 4.39 Å². The van der Waals surface area contributed by atoms with Crippen LogP contribution >= 0.6 is 0 Å². The van der Waals surface area contributed by atoms with Crippen LogP contribution in [0.25, 0.3) is 22.4 Å². The Morgan fingerprint density at radius 2 is 1.84 bits per heavy atom. The first-order valence-electron chi connectivity index (χ1n) is 12.8. The molecule has 2 aromatic heterocycles. The van der Waals surface area contributed by atoms with Crippen molar-refractivity contribution < 1.29 is 28.2 Å². The van der Waals surface area contributed by atoms with Gasteiger partial charge in [0.05, 0.1) is 5.69 Å². The van der Waals surface area contributed by atoms with Crippen molar-refractivity contribution in [3.63, 3.8) is 0 Å². The van der Waals surface area contributed by atoms with Crippen molar-refractivity contribution in [2.75, 3.05) is 32.8 Å². The highest BCUT2D eigenvalue weighted by Gasteiger charge is 2.43. The van der Waals surface area contributed by atoms with Gasteiger partial charge in [-0.3, -0.25) is 9.59 Å². The summed E-state index contributed by atoms with van der Waals surface area (Å²) in [6.45, 7) is 7.68. The van der Waals surface area contributed by atoms with E-state index in [0.717, 1.165) is 11.1 Å². The minimum atomic E-state index is -1.40. The Morgan fingerprint density at radius 3 is 2.49 bits per heavy atom. The number of nitrogens with zero attached hydrogens (tertiary/aromatic N) is 3. The Balaban J connectivity index is 1.37. The van der Waals surface area contributed by atoms with Crippen molar-refractivity contribution in [2.45, 2.75) is 51.2 Å². The van der Waals surface area contributed by atoms with Crippen LogP contribution in [0, 0.1) is 5.82 Å². The molecule has 2 fully saturated rings. The molecule has 2 saturated heterocycles. The molecule has 1 N–H and O–H groups in total. The number of aromatic nitrogens is 1. The highest BCUT2D eigenvalue weighted by molar-refractivity contribution is 5.96. The Morgan fingerprint density at radius 1 is 1.14 bits per heavy atom. The summed E-state index contributed by atoms with van der Waals surface area (Å²) in [4.78, 5) is 34.6. The molecule has 1 aromatic carbocycles. The van der Waals surface area contributed by atoms with Crippen LogP contribution in [0.1, 0.15) is 55.6 Å². The van der Waals surface area contributed by atoms with Crippen LogP contribution in [-0.2, 0) is 9.53 Å². The predicted octanol–water partition coefficient (Wildman–Crippen LogP) is 3.97. The molecule has 0 spiro atoms. The van der Waals surface area contributed by atoms with Crippen molar-refractivity contribution in [2.24, 2.45) is 0 Å². The van der Waals surface area contributed by atoms with E-state index in [-0.39, 0.29) is 48.2 Å². The SMILES string of the molecule is CC(C)c1cc(-c2ccc(F)cc2)nc2cc(C(=O)N3CCN(C(=O)C4(O)CCOCC4)[C@@H](C)C3)oc12. The molecule has 0 unspecified atom stereocenters. The lowest BCUT2D eigenvalue weighted by Crippen LogP contribution is -2.61. The third-order valence-electron chi connectivity index (χ3n) is 7.37. The summed E-state index contributed by atoms with van der Waals surface area (Å²) in [6, 6.07) is 9.47. The highest BCUT2D eigenvalue weighted by atomic mass is 19.1. The zero-order valence-electron chi connectivity index (χ0n) is 21.4. The first kappa shape index (κ1) is 25.4. The minimum Gasteiger partial charge on any atom is -0.449 e. The summed E-state index contributed by atoms with van der Waals surface area (Å²) < 4.78 is 24.8. The van der Waals surface area contributed by atoms with Gasteiger partial charge in [0, 0.05) is 68.9 Å². The maximum atomic E-state index is 13.4. The molecule has 8 nitrogen and oxygen atoms in total. The second kappa shape index (κ2) is 9.87. The number of pyridine rings is 1. The van der Waals surface area contributed by atoms with Crippen LogP contribution in [0.2, 0.25) is 0 Å². The lowest BCUT2D eigenvalue weighted by Gasteiger charge is -2.43. The molecular formula is C28H32FN3O5. The van der Waals surface area contributed by atoms with Gasteiger partial charge >= 0.3 is 0 Å². The summed E-state index contributed by atoms with van der Waals surface area (Å²) in [6.07, 6.45) is 0.559. The van der Waals surface area contributed by atoms with Crippen LogP contribution < -0.4 is 0 Å². The third kappa shape index (κ3) is 4.85. The van der Waals surface area contributed by atoms with E-state index < -0.39 is 5.60 Å². The first-order valence-corrected chi connectivity index (χ1v) is 12.8. The Hall–Kier alpha value is -3.30. The quantitative estimate of drug-likeness (QED) is 0.572. The average molecular weight is 510 g/mol. The van der Waals surface area contributed by atoms with Gasteiger partial charge in [0.2, 0.25) is 0 Å². The number of rotatable bonds is 4. The summed E-state index contributed by atoms with van der Waals surface area (Å²) >= 11 is 0. The van der Waals surface area contributed by atoms with Gasteiger partial charge in [0.15, 0.2) is 11.3 Å². The normalized spacial score (nSPS) is 20.0. The molecule has 1 atom stereocenters. The van der Waals surface area contributed by atoms with E-state index in [0.29, 0.717) is 49.6 Å². The molecule has 2 aliphatic heterocycles. The Bertz CT molecular complexity index is 1310. The van der Waals surface area contributed by atoms with Crippen LogP contribution in [-0.4, -0.2) is 76.2 Å². The van der Waals surface area contributed by atoms with Gasteiger partial charge in [0.25, 0.3) is 11.8 Å². The number of amides is 2. The molecule has 0 saturated carbocycles. The van der Waals surface area contributed by atoms with Crippen molar-refractivity contribution in [3.8, 4) is 11.3 Å². The van der Waals surface area contributed by atoms with Crippen molar-refractivity contribution in [1.82, 2.24) is 14.8 Å². The highest BCUT2D eigenvalue weighted by Crippen LogP contribution is 2.32. The van der Waals surface area contributed by atoms with E-state index in [4.69, 9.17) is 14.1 Å². The molecule has 2 aliphatic rings. The zero-order chi connectivity index (χ0) is 26.3. The van der Waals surface area contributed by atoms with Crippen LogP contribution in [0.5, 0.6) is 0 Å². The van der Waals surface area contributed by atoms with E-state index in [2.05, 4.69) is 0 Å². The lowest BCUT2D eigenvalue weighted by molar-refractivity contribution is -0.164. The van der Waals surface area contributed by atoms with Gasteiger partial charge in [-0.2, -0.15) is 0 Å². The summed E-state index contributed by atoms with van der Waals surface area (Å²) in [5.41, 5.74) is 2.10. The second-order valence-electron chi connectivity index (χ2n) is 10.3. The molecule has 5 rings (SSSR count). The number of hydrogen-bond donors (Lipinski definition) is 1. The first-order chi connectivity index (χ1) is 17.7. The topological polar surface area (TPSA) is 96.1 Å². The monoisotopic (exact) mass is 509 g/mol. The predicted molar refractivity (Wildman–Crippen MR) is 136 cm³/mol. The molecule has 4 heterocycles. The molecule has 2 amide bonds. The van der Waals surface area contributed by atoms with E-state index in [1.165, 1.54) is 12.1 Å². The third-order valence-corrected chi connectivity index (χ3v) is 7.37. The molecule has 196 valence electrons. The second-order valence-corrected chi connectivity index (χ2v) is 10.3. The Labute approximate surface area is 215 Å². The Kier molecular flexibility index (Phi) is 6.76. The standard InChI is InChI=1S/C28H32FN3O5/c1-17(2)21-14-22(19-4-6-20(29)7-5-19)30-23-15-24(37-25(21)23)26(33)31-10-11-32(18(3)16-31)27(34)28(35)8-12-36-13-9-28/h4-7,14-15,17-18,35H,8-13,16H2,1-3H3/t18-/m0/s1. The number of aliphatic hydroxyl groups is 1. The smallest absolute Gasteiger partial charge is 0.289 e. The lowest BCUT2D eigenvalue weighted by atomic mass is 9.91. The number of piperazine rings is 1. The minimum absolute atomic E-state index is 0.115. The maximum absolute atomic E-state index is 13.4. The van der Waals surface area contributed by atoms with Crippen molar-refractivity contribution in [3.05, 3.63) is 53.5 Å². The van der Waals surface area contributed by atoms with Crippen LogP contribution in [0.3, 0.4) is 0 Å². The fourth-order valence-electron chi connectivity index (χ4n) is 5.14. The van der Waals surface area contributed by atoms with Gasteiger partial charge in [0.1, 0.15) is 16.9 Å². The number of furan rings is 1. The molecule has 3 aromatic rings. The number of halogens is 1. The van der Waals surface area contributed by atoms with Crippen molar-refractivity contribution >= 4 is 22.9 Å². The molecule has 0 bridgehead atoms. The van der Waals surface area contributed by atoms with Gasteiger partial charge in [-0.1, -0.05) is 13.8 Å². The van der Waals surface area contributed by atoms with Gasteiger partial charge < -0.3 is 24.1 Å². The van der Waals surface area contributed by atoms with Crippen molar-refractivity contribution in [1.29, 1.82) is 0 Å². The van der Waals surface area contributed by atoms with Gasteiger partial charge in [-0.05, 0) is 43.2 Å². The molecule has 9 heteroatoms. The molecule has 37 heavy (non-hydrogen) atoms.